The molecule has 0 fully saturated rings. The van der Waals surface area contributed by atoms with E-state index in [0.717, 1.165) is 11.1 Å². The summed E-state index contributed by atoms with van der Waals surface area (Å²) in [5, 5.41) is 0. The van der Waals surface area contributed by atoms with Gasteiger partial charge >= 0.3 is 18.2 Å². The fourth-order valence-corrected chi connectivity index (χ4v) is 3.03. The van der Waals surface area contributed by atoms with Crippen molar-refractivity contribution >= 4 is 29.4 Å². The van der Waals surface area contributed by atoms with Crippen LogP contribution in [-0.4, -0.2) is 50.9 Å². The van der Waals surface area contributed by atoms with E-state index >= 15 is 0 Å². The summed E-state index contributed by atoms with van der Waals surface area (Å²) in [5.41, 5.74) is 2.91. The SMILES string of the molecule is C=C/C(=C/N(C(=O)OC)c1ccccc1C1=CN(C(=O)OC)CC1)CCC(=O)OC. The largest absolute Gasteiger partial charge is 0.469 e. The summed E-state index contributed by atoms with van der Waals surface area (Å²) in [6.07, 6.45) is 4.97. The van der Waals surface area contributed by atoms with Gasteiger partial charge in [0.1, 0.15) is 0 Å². The van der Waals surface area contributed by atoms with E-state index in [1.54, 1.807) is 30.6 Å². The summed E-state index contributed by atoms with van der Waals surface area (Å²) >= 11 is 0. The molecule has 0 radical (unpaired) electrons. The van der Waals surface area contributed by atoms with Crippen molar-refractivity contribution in [3.8, 4) is 0 Å². The van der Waals surface area contributed by atoms with E-state index < -0.39 is 12.2 Å². The molecule has 2 rings (SSSR count). The van der Waals surface area contributed by atoms with E-state index in [2.05, 4.69) is 11.3 Å². The number of ether oxygens (including phenoxy) is 3. The van der Waals surface area contributed by atoms with Crippen molar-refractivity contribution in [1.29, 1.82) is 0 Å². The number of methoxy groups -OCH3 is 3. The number of anilines is 1. The van der Waals surface area contributed by atoms with Gasteiger partial charge in [0.2, 0.25) is 0 Å². The van der Waals surface area contributed by atoms with Gasteiger partial charge in [0.05, 0.1) is 27.0 Å². The van der Waals surface area contributed by atoms with Crippen molar-refractivity contribution in [3.05, 3.63) is 60.5 Å². The lowest BCUT2D eigenvalue weighted by atomic mass is 10.0. The molecule has 1 heterocycles. The lowest BCUT2D eigenvalue weighted by Crippen LogP contribution is -2.26. The summed E-state index contributed by atoms with van der Waals surface area (Å²) in [6.45, 7) is 4.25. The average Bonchev–Trinajstić information content (AvgIpc) is 3.28. The molecule has 2 amide bonds. The molecule has 1 aliphatic heterocycles. The second kappa shape index (κ2) is 10.8. The van der Waals surface area contributed by atoms with Crippen LogP contribution in [0.4, 0.5) is 15.3 Å². The predicted molar refractivity (Wildman–Crippen MR) is 113 cm³/mol. The highest BCUT2D eigenvalue weighted by Crippen LogP contribution is 2.34. The van der Waals surface area contributed by atoms with Gasteiger partial charge in [-0.1, -0.05) is 30.9 Å². The van der Waals surface area contributed by atoms with Crippen LogP contribution < -0.4 is 4.90 Å². The number of hydrogen-bond acceptors (Lipinski definition) is 6. The van der Waals surface area contributed by atoms with Gasteiger partial charge in [0.25, 0.3) is 0 Å². The van der Waals surface area contributed by atoms with Crippen molar-refractivity contribution in [3.63, 3.8) is 0 Å². The molecule has 1 aliphatic rings. The fraction of sp³-hybridized carbons (Fsp3) is 0.318. The number of esters is 1. The summed E-state index contributed by atoms with van der Waals surface area (Å²) in [4.78, 5) is 38.7. The number of nitrogens with zero attached hydrogens (tertiary/aromatic N) is 2. The lowest BCUT2D eigenvalue weighted by Gasteiger charge is -2.22. The van der Waals surface area contributed by atoms with Crippen LogP contribution >= 0.6 is 0 Å². The van der Waals surface area contributed by atoms with E-state index in [9.17, 15) is 14.4 Å². The molecule has 1 aromatic rings. The lowest BCUT2D eigenvalue weighted by molar-refractivity contribution is -0.140. The molecule has 0 aromatic heterocycles. The Morgan fingerprint density at radius 2 is 1.83 bits per heavy atom. The third kappa shape index (κ3) is 5.50. The third-order valence-corrected chi connectivity index (χ3v) is 4.63. The maximum atomic E-state index is 12.6. The first-order valence-electron chi connectivity index (χ1n) is 9.37. The molecular formula is C22H26N2O6. The summed E-state index contributed by atoms with van der Waals surface area (Å²) in [5.74, 6) is -0.355. The van der Waals surface area contributed by atoms with Crippen LogP contribution in [0.25, 0.3) is 5.57 Å². The minimum absolute atomic E-state index is 0.157. The number of amides is 2. The molecule has 8 nitrogen and oxygen atoms in total. The number of rotatable bonds is 7. The Balaban J connectivity index is 2.43. The van der Waals surface area contributed by atoms with Gasteiger partial charge in [-0.2, -0.15) is 0 Å². The Morgan fingerprint density at radius 1 is 1.10 bits per heavy atom. The van der Waals surface area contributed by atoms with Crippen LogP contribution in [0.2, 0.25) is 0 Å². The molecule has 0 saturated heterocycles. The van der Waals surface area contributed by atoms with E-state index in [-0.39, 0.29) is 12.4 Å². The zero-order valence-corrected chi connectivity index (χ0v) is 17.4. The van der Waals surface area contributed by atoms with Crippen molar-refractivity contribution in [2.24, 2.45) is 0 Å². The minimum Gasteiger partial charge on any atom is -0.469 e. The molecule has 8 heteroatoms. The summed E-state index contributed by atoms with van der Waals surface area (Å²) in [7, 11) is 3.95. The van der Waals surface area contributed by atoms with Crippen LogP contribution in [-0.2, 0) is 19.0 Å². The molecule has 0 saturated carbocycles. The first-order valence-corrected chi connectivity index (χ1v) is 9.37. The molecule has 0 spiro atoms. The minimum atomic E-state index is -0.594. The third-order valence-electron chi connectivity index (χ3n) is 4.63. The van der Waals surface area contributed by atoms with Crippen LogP contribution in [0, 0.1) is 0 Å². The predicted octanol–water partition coefficient (Wildman–Crippen LogP) is 4.10. The monoisotopic (exact) mass is 414 g/mol. The first kappa shape index (κ1) is 22.7. The Bertz CT molecular complexity index is 874. The molecule has 0 N–H and O–H groups in total. The van der Waals surface area contributed by atoms with Crippen LogP contribution in [0.5, 0.6) is 0 Å². The van der Waals surface area contributed by atoms with Gasteiger partial charge in [-0.3, -0.25) is 14.6 Å². The highest BCUT2D eigenvalue weighted by molar-refractivity contribution is 5.94. The van der Waals surface area contributed by atoms with Crippen LogP contribution in [0.15, 0.2) is 54.9 Å². The molecule has 1 aromatic carbocycles. The van der Waals surface area contributed by atoms with Crippen LogP contribution in [0.3, 0.4) is 0 Å². The van der Waals surface area contributed by atoms with E-state index in [1.807, 2.05) is 12.1 Å². The quantitative estimate of drug-likeness (QED) is 0.379. The second-order valence-electron chi connectivity index (χ2n) is 6.41. The normalized spacial score (nSPS) is 13.4. The van der Waals surface area contributed by atoms with Gasteiger partial charge < -0.3 is 14.2 Å². The molecule has 160 valence electrons. The van der Waals surface area contributed by atoms with Crippen LogP contribution in [0.1, 0.15) is 24.8 Å². The molecular weight excluding hydrogens is 388 g/mol. The molecule has 30 heavy (non-hydrogen) atoms. The van der Waals surface area contributed by atoms with Gasteiger partial charge in [-0.05, 0) is 30.1 Å². The van der Waals surface area contributed by atoms with Gasteiger partial charge in [-0.15, -0.1) is 0 Å². The van der Waals surface area contributed by atoms with Gasteiger partial charge in [0.15, 0.2) is 0 Å². The molecule has 0 atom stereocenters. The van der Waals surface area contributed by atoms with Gasteiger partial charge in [0, 0.05) is 30.9 Å². The highest BCUT2D eigenvalue weighted by Gasteiger charge is 2.24. The summed E-state index contributed by atoms with van der Waals surface area (Å²) < 4.78 is 14.4. The second-order valence-corrected chi connectivity index (χ2v) is 6.41. The number of allylic oxidation sites excluding steroid dienone is 2. The van der Waals surface area contributed by atoms with E-state index in [4.69, 9.17) is 9.47 Å². The van der Waals surface area contributed by atoms with Crippen molar-refractivity contribution in [2.45, 2.75) is 19.3 Å². The Kier molecular flexibility index (Phi) is 8.22. The average molecular weight is 414 g/mol. The number of para-hydroxylation sites is 1. The van der Waals surface area contributed by atoms with E-state index in [1.165, 1.54) is 31.1 Å². The van der Waals surface area contributed by atoms with Gasteiger partial charge in [-0.25, -0.2) is 9.59 Å². The molecule has 0 unspecified atom stereocenters. The number of hydrogen-bond donors (Lipinski definition) is 0. The van der Waals surface area contributed by atoms with Crippen molar-refractivity contribution in [1.82, 2.24) is 4.90 Å². The Morgan fingerprint density at radius 3 is 2.47 bits per heavy atom. The standard InChI is InChI=1S/C22H26N2O6/c1-5-16(10-11-20(25)28-2)14-24(22(27)30-4)19-9-7-6-8-18(19)17-12-13-23(15-17)21(26)29-3/h5-9,14-15H,1,10-13H2,2-4H3/b16-14-. The first-order chi connectivity index (χ1) is 14.4. The zero-order chi connectivity index (χ0) is 22.1. The highest BCUT2D eigenvalue weighted by atomic mass is 16.5. The van der Waals surface area contributed by atoms with Crippen molar-refractivity contribution in [2.75, 3.05) is 32.8 Å². The number of benzene rings is 1. The fourth-order valence-electron chi connectivity index (χ4n) is 3.03. The van der Waals surface area contributed by atoms with E-state index in [0.29, 0.717) is 30.6 Å². The maximum absolute atomic E-state index is 12.6. The summed E-state index contributed by atoms with van der Waals surface area (Å²) in [6, 6.07) is 7.31. The molecule has 0 bridgehead atoms. The Labute approximate surface area is 176 Å². The zero-order valence-electron chi connectivity index (χ0n) is 17.4. The Hall–Kier alpha value is -3.55. The van der Waals surface area contributed by atoms with Crippen molar-refractivity contribution < 1.29 is 28.6 Å². The number of carbonyl (C=O) groups excluding carboxylic acids is 3. The maximum Gasteiger partial charge on any atom is 0.418 e. The number of carbonyl (C=O) groups is 3. The molecule has 0 aliphatic carbocycles. The smallest absolute Gasteiger partial charge is 0.418 e. The topological polar surface area (TPSA) is 85.4 Å².